The molecule has 1 unspecified atom stereocenters. The molecule has 1 atom stereocenters. The number of Topliss-reactive ketones (excluding diaryl/α,β-unsaturated/α-hetero) is 1. The van der Waals surface area contributed by atoms with E-state index < -0.39 is 17.7 Å². The highest BCUT2D eigenvalue weighted by atomic mass is 19.1. The molecule has 1 aliphatic rings. The van der Waals surface area contributed by atoms with Crippen molar-refractivity contribution in [3.05, 3.63) is 142 Å². The van der Waals surface area contributed by atoms with Crippen LogP contribution >= 0.6 is 0 Å². The summed E-state index contributed by atoms with van der Waals surface area (Å²) in [4.78, 5) is 28.0. The number of carbonyl (C=O) groups excluding carboxylic acids is 2. The molecule has 39 heavy (non-hydrogen) atoms. The van der Waals surface area contributed by atoms with Gasteiger partial charge in [-0.15, -0.1) is 0 Å². The van der Waals surface area contributed by atoms with E-state index in [4.69, 9.17) is 4.74 Å². The Bertz CT molecular complexity index is 1510. The first kappa shape index (κ1) is 25.9. The first-order valence-electron chi connectivity index (χ1n) is 12.8. The molecule has 1 aliphatic heterocycles. The fraction of sp³-hybridized carbons (Fsp3) is 0.152. The number of aliphatic hydroxyl groups is 1. The van der Waals surface area contributed by atoms with Crippen LogP contribution in [0.4, 0.5) is 4.39 Å². The molecule has 0 aromatic heterocycles. The predicted octanol–water partition coefficient (Wildman–Crippen LogP) is 6.38. The number of ether oxygens (including phenoxy) is 1. The maximum Gasteiger partial charge on any atom is 0.295 e. The van der Waals surface area contributed by atoms with Crippen molar-refractivity contribution in [2.45, 2.75) is 26.0 Å². The van der Waals surface area contributed by atoms with Crippen LogP contribution in [0.5, 0.6) is 5.75 Å². The fourth-order valence-corrected chi connectivity index (χ4v) is 4.84. The van der Waals surface area contributed by atoms with Gasteiger partial charge in [0.1, 0.15) is 23.9 Å². The lowest BCUT2D eigenvalue weighted by Gasteiger charge is -2.25. The summed E-state index contributed by atoms with van der Waals surface area (Å²) in [6.45, 7) is 2.51. The van der Waals surface area contributed by atoms with Crippen LogP contribution in [0.25, 0.3) is 5.76 Å². The summed E-state index contributed by atoms with van der Waals surface area (Å²) in [5, 5.41) is 11.4. The zero-order valence-electron chi connectivity index (χ0n) is 21.5. The largest absolute Gasteiger partial charge is 0.507 e. The molecule has 0 spiro atoms. The average molecular weight is 522 g/mol. The van der Waals surface area contributed by atoms with Crippen molar-refractivity contribution in [3.63, 3.8) is 0 Å². The van der Waals surface area contributed by atoms with Gasteiger partial charge in [-0.1, -0.05) is 72.8 Å². The minimum Gasteiger partial charge on any atom is -0.507 e. The van der Waals surface area contributed by atoms with E-state index in [1.807, 2.05) is 67.6 Å². The third-order valence-corrected chi connectivity index (χ3v) is 6.90. The van der Waals surface area contributed by atoms with Crippen molar-refractivity contribution in [2.75, 3.05) is 6.54 Å². The summed E-state index contributed by atoms with van der Waals surface area (Å²) < 4.78 is 19.3. The molecular formula is C33H28FNO4. The monoisotopic (exact) mass is 521 g/mol. The van der Waals surface area contributed by atoms with Gasteiger partial charge in [-0.2, -0.15) is 0 Å². The van der Waals surface area contributed by atoms with Gasteiger partial charge in [-0.05, 0) is 65.9 Å². The SMILES string of the molecule is Cc1cc(/C(O)=C2/C(=O)C(=O)N(CCc3ccc(F)cc3)C2c2ccccc2)ccc1OCc1ccccc1. The third-order valence-electron chi connectivity index (χ3n) is 6.90. The first-order valence-corrected chi connectivity index (χ1v) is 12.8. The molecule has 1 N–H and O–H groups in total. The van der Waals surface area contributed by atoms with Gasteiger partial charge in [0.25, 0.3) is 11.7 Å². The fourth-order valence-electron chi connectivity index (χ4n) is 4.84. The molecule has 1 fully saturated rings. The first-order chi connectivity index (χ1) is 18.9. The lowest BCUT2D eigenvalue weighted by Crippen LogP contribution is -2.31. The van der Waals surface area contributed by atoms with Crippen LogP contribution in [0.15, 0.2) is 109 Å². The number of halogens is 1. The average Bonchev–Trinajstić information content (AvgIpc) is 3.22. The van der Waals surface area contributed by atoms with Gasteiger partial charge < -0.3 is 14.7 Å². The van der Waals surface area contributed by atoms with Crippen LogP contribution in [-0.4, -0.2) is 28.2 Å². The summed E-state index contributed by atoms with van der Waals surface area (Å²) in [7, 11) is 0. The second-order valence-corrected chi connectivity index (χ2v) is 9.53. The van der Waals surface area contributed by atoms with Crippen molar-refractivity contribution in [2.24, 2.45) is 0 Å². The van der Waals surface area contributed by atoms with Gasteiger partial charge in [0.2, 0.25) is 0 Å². The molecule has 0 bridgehead atoms. The summed E-state index contributed by atoms with van der Waals surface area (Å²) >= 11 is 0. The van der Waals surface area contributed by atoms with E-state index in [0.29, 0.717) is 24.3 Å². The number of benzene rings is 4. The Kier molecular flexibility index (Phi) is 7.55. The zero-order chi connectivity index (χ0) is 27.4. The number of rotatable bonds is 8. The second-order valence-electron chi connectivity index (χ2n) is 9.53. The molecule has 196 valence electrons. The van der Waals surface area contributed by atoms with E-state index >= 15 is 0 Å². The summed E-state index contributed by atoms with van der Waals surface area (Å²) in [6, 6.07) is 29.5. The Morgan fingerprint density at radius 2 is 1.54 bits per heavy atom. The zero-order valence-corrected chi connectivity index (χ0v) is 21.5. The Balaban J connectivity index is 1.46. The molecule has 4 aromatic carbocycles. The highest BCUT2D eigenvalue weighted by molar-refractivity contribution is 6.46. The van der Waals surface area contributed by atoms with Gasteiger partial charge in [-0.3, -0.25) is 9.59 Å². The van der Waals surface area contributed by atoms with E-state index in [0.717, 1.165) is 22.3 Å². The minimum atomic E-state index is -0.749. The standard InChI is InChI=1S/C33H28FNO4/c1-22-20-26(14-17-28(22)39-21-24-8-4-2-5-9-24)31(36)29-30(25-10-6-3-7-11-25)35(33(38)32(29)37)19-18-23-12-15-27(34)16-13-23/h2-17,20,30,36H,18-19,21H2,1H3/b31-29-. The Labute approximate surface area is 226 Å². The van der Waals surface area contributed by atoms with E-state index in [2.05, 4.69) is 0 Å². The van der Waals surface area contributed by atoms with E-state index in [1.165, 1.54) is 17.0 Å². The van der Waals surface area contributed by atoms with Crippen LogP contribution in [0.2, 0.25) is 0 Å². The summed E-state index contributed by atoms with van der Waals surface area (Å²) in [5.41, 5.74) is 3.85. The number of likely N-dealkylation sites (tertiary alicyclic amines) is 1. The van der Waals surface area contributed by atoms with Crippen LogP contribution in [-0.2, 0) is 22.6 Å². The number of carbonyl (C=O) groups is 2. The molecule has 6 heteroatoms. The van der Waals surface area contributed by atoms with Gasteiger partial charge in [0, 0.05) is 12.1 Å². The van der Waals surface area contributed by atoms with Crippen LogP contribution in [0, 0.1) is 12.7 Å². The predicted molar refractivity (Wildman–Crippen MR) is 148 cm³/mol. The summed E-state index contributed by atoms with van der Waals surface area (Å²) in [5.74, 6) is -1.32. The third kappa shape index (κ3) is 5.60. The van der Waals surface area contributed by atoms with Crippen LogP contribution in [0.3, 0.4) is 0 Å². The normalized spacial score (nSPS) is 16.5. The number of aryl methyl sites for hydroxylation is 1. The van der Waals surface area contributed by atoms with Gasteiger partial charge >= 0.3 is 0 Å². The van der Waals surface area contributed by atoms with E-state index in [9.17, 15) is 19.1 Å². The van der Waals surface area contributed by atoms with Gasteiger partial charge in [0.15, 0.2) is 0 Å². The van der Waals surface area contributed by atoms with Crippen molar-refractivity contribution in [1.29, 1.82) is 0 Å². The van der Waals surface area contributed by atoms with Crippen molar-refractivity contribution in [3.8, 4) is 5.75 Å². The smallest absolute Gasteiger partial charge is 0.295 e. The highest BCUT2D eigenvalue weighted by Gasteiger charge is 2.45. The number of amides is 1. The van der Waals surface area contributed by atoms with E-state index in [1.54, 1.807) is 30.3 Å². The molecule has 0 saturated carbocycles. The molecule has 0 radical (unpaired) electrons. The maximum atomic E-state index is 13.3. The Morgan fingerprint density at radius 3 is 2.21 bits per heavy atom. The van der Waals surface area contributed by atoms with Crippen molar-refractivity contribution in [1.82, 2.24) is 4.90 Å². The molecule has 4 aromatic rings. The van der Waals surface area contributed by atoms with Crippen molar-refractivity contribution < 1.29 is 23.8 Å². The highest BCUT2D eigenvalue weighted by Crippen LogP contribution is 2.40. The lowest BCUT2D eigenvalue weighted by molar-refractivity contribution is -0.139. The van der Waals surface area contributed by atoms with E-state index in [-0.39, 0.29) is 23.7 Å². The van der Waals surface area contributed by atoms with Crippen molar-refractivity contribution >= 4 is 17.4 Å². The molecule has 5 nitrogen and oxygen atoms in total. The number of hydrogen-bond acceptors (Lipinski definition) is 4. The quantitative estimate of drug-likeness (QED) is 0.166. The number of hydrogen-bond donors (Lipinski definition) is 1. The molecule has 1 heterocycles. The number of aliphatic hydroxyl groups excluding tert-OH is 1. The Hall–Kier alpha value is -4.71. The van der Waals surface area contributed by atoms with Crippen LogP contribution in [0.1, 0.15) is 33.9 Å². The molecule has 5 rings (SSSR count). The molecule has 1 saturated heterocycles. The minimum absolute atomic E-state index is 0.0441. The molecule has 1 amide bonds. The number of ketones is 1. The molecular weight excluding hydrogens is 493 g/mol. The number of nitrogens with zero attached hydrogens (tertiary/aromatic N) is 1. The molecule has 0 aliphatic carbocycles. The lowest BCUT2D eigenvalue weighted by atomic mass is 9.94. The van der Waals surface area contributed by atoms with Crippen LogP contribution < -0.4 is 4.74 Å². The van der Waals surface area contributed by atoms with Gasteiger partial charge in [-0.25, -0.2) is 4.39 Å². The topological polar surface area (TPSA) is 66.8 Å². The maximum absolute atomic E-state index is 13.3. The van der Waals surface area contributed by atoms with Gasteiger partial charge in [0.05, 0.1) is 11.6 Å². The summed E-state index contributed by atoms with van der Waals surface area (Å²) in [6.07, 6.45) is 0.434. The second kappa shape index (κ2) is 11.4. The Morgan fingerprint density at radius 1 is 0.872 bits per heavy atom.